The predicted octanol–water partition coefficient (Wildman–Crippen LogP) is 3.58. The van der Waals surface area contributed by atoms with Gasteiger partial charge in [-0.25, -0.2) is 0 Å². The maximum atomic E-state index is 6.10. The van der Waals surface area contributed by atoms with E-state index in [9.17, 15) is 0 Å². The zero-order chi connectivity index (χ0) is 12.3. The van der Waals surface area contributed by atoms with Crippen LogP contribution in [0, 0.1) is 12.8 Å². The van der Waals surface area contributed by atoms with Crippen molar-refractivity contribution in [2.75, 3.05) is 11.9 Å². The fourth-order valence-electron chi connectivity index (χ4n) is 2.45. The average Bonchev–Trinajstić information content (AvgIpc) is 2.33. The minimum atomic E-state index is 0.430. The minimum Gasteiger partial charge on any atom is -0.385 e. The molecule has 0 saturated heterocycles. The van der Waals surface area contributed by atoms with Crippen LogP contribution in [-0.4, -0.2) is 12.6 Å². The molecule has 1 aromatic carbocycles. The van der Waals surface area contributed by atoms with Crippen LogP contribution in [0.3, 0.4) is 0 Å². The van der Waals surface area contributed by atoms with E-state index in [0.717, 1.165) is 28.7 Å². The van der Waals surface area contributed by atoms with Crippen molar-refractivity contribution in [3.63, 3.8) is 0 Å². The summed E-state index contributed by atoms with van der Waals surface area (Å²) in [6, 6.07) is 6.45. The van der Waals surface area contributed by atoms with Crippen LogP contribution in [0.1, 0.15) is 31.2 Å². The van der Waals surface area contributed by atoms with Gasteiger partial charge in [-0.1, -0.05) is 17.7 Å². The summed E-state index contributed by atoms with van der Waals surface area (Å²) in [6.45, 7) is 3.09. The van der Waals surface area contributed by atoms with Crippen LogP contribution in [0.5, 0.6) is 0 Å². The standard InChI is InChI=1S/C14H21ClN2/c1-10-13(15)3-2-4-14(10)17-9-11-5-7-12(16)8-6-11/h2-4,11-12,17H,5-9,16H2,1H3. The maximum absolute atomic E-state index is 6.10. The van der Waals surface area contributed by atoms with Gasteiger partial charge in [0.05, 0.1) is 0 Å². The van der Waals surface area contributed by atoms with Gasteiger partial charge >= 0.3 is 0 Å². The lowest BCUT2D eigenvalue weighted by Gasteiger charge is -2.26. The van der Waals surface area contributed by atoms with E-state index >= 15 is 0 Å². The molecule has 2 rings (SSSR count). The molecule has 2 nitrogen and oxygen atoms in total. The van der Waals surface area contributed by atoms with Crippen molar-refractivity contribution >= 4 is 17.3 Å². The fraction of sp³-hybridized carbons (Fsp3) is 0.571. The molecule has 0 aromatic heterocycles. The zero-order valence-corrected chi connectivity index (χ0v) is 11.1. The summed E-state index contributed by atoms with van der Waals surface area (Å²) in [6.07, 6.45) is 4.82. The largest absolute Gasteiger partial charge is 0.385 e. The molecule has 1 aliphatic rings. The van der Waals surface area contributed by atoms with Crippen molar-refractivity contribution in [2.24, 2.45) is 11.7 Å². The number of anilines is 1. The van der Waals surface area contributed by atoms with Crippen molar-refractivity contribution in [3.05, 3.63) is 28.8 Å². The summed E-state index contributed by atoms with van der Waals surface area (Å²) in [4.78, 5) is 0. The Morgan fingerprint density at radius 1 is 1.29 bits per heavy atom. The van der Waals surface area contributed by atoms with Gasteiger partial charge < -0.3 is 11.1 Å². The van der Waals surface area contributed by atoms with Crippen molar-refractivity contribution in [3.8, 4) is 0 Å². The van der Waals surface area contributed by atoms with Crippen LogP contribution in [0.25, 0.3) is 0 Å². The molecule has 0 bridgehead atoms. The SMILES string of the molecule is Cc1c(Cl)cccc1NCC1CCC(N)CC1. The number of nitrogens with two attached hydrogens (primary N) is 1. The van der Waals surface area contributed by atoms with E-state index in [-0.39, 0.29) is 0 Å². The lowest BCUT2D eigenvalue weighted by molar-refractivity contribution is 0.339. The third-order valence-electron chi connectivity index (χ3n) is 3.74. The Morgan fingerprint density at radius 3 is 2.71 bits per heavy atom. The number of halogens is 1. The van der Waals surface area contributed by atoms with E-state index in [0.29, 0.717) is 6.04 Å². The van der Waals surface area contributed by atoms with E-state index in [1.807, 2.05) is 12.1 Å². The second-order valence-corrected chi connectivity index (χ2v) is 5.48. The smallest absolute Gasteiger partial charge is 0.0455 e. The quantitative estimate of drug-likeness (QED) is 0.863. The molecule has 3 heteroatoms. The minimum absolute atomic E-state index is 0.430. The molecule has 1 aliphatic carbocycles. The highest BCUT2D eigenvalue weighted by Crippen LogP contribution is 2.26. The van der Waals surface area contributed by atoms with E-state index in [2.05, 4.69) is 18.3 Å². The molecule has 0 spiro atoms. The van der Waals surface area contributed by atoms with Crippen molar-refractivity contribution < 1.29 is 0 Å². The van der Waals surface area contributed by atoms with E-state index in [1.165, 1.54) is 25.7 Å². The monoisotopic (exact) mass is 252 g/mol. The van der Waals surface area contributed by atoms with Gasteiger partial charge in [-0.15, -0.1) is 0 Å². The summed E-state index contributed by atoms with van der Waals surface area (Å²) in [5, 5.41) is 4.35. The van der Waals surface area contributed by atoms with Crippen molar-refractivity contribution in [1.29, 1.82) is 0 Å². The Morgan fingerprint density at radius 2 is 2.00 bits per heavy atom. The second kappa shape index (κ2) is 5.74. The molecule has 0 amide bonds. The topological polar surface area (TPSA) is 38.0 Å². The third-order valence-corrected chi connectivity index (χ3v) is 4.15. The molecule has 0 heterocycles. The molecular formula is C14H21ClN2. The third kappa shape index (κ3) is 3.36. The molecule has 0 unspecified atom stereocenters. The molecule has 0 aliphatic heterocycles. The van der Waals surface area contributed by atoms with Gasteiger partial charge in [-0.2, -0.15) is 0 Å². The van der Waals surface area contributed by atoms with Crippen LogP contribution in [0.4, 0.5) is 5.69 Å². The molecule has 0 radical (unpaired) electrons. The average molecular weight is 253 g/mol. The fourth-order valence-corrected chi connectivity index (χ4v) is 2.62. The number of hydrogen-bond donors (Lipinski definition) is 2. The summed E-state index contributed by atoms with van der Waals surface area (Å²) in [7, 11) is 0. The molecule has 17 heavy (non-hydrogen) atoms. The van der Waals surface area contributed by atoms with Gasteiger partial charge in [0.25, 0.3) is 0 Å². The summed E-state index contributed by atoms with van der Waals surface area (Å²) < 4.78 is 0. The van der Waals surface area contributed by atoms with Gasteiger partial charge in [-0.05, 0) is 56.2 Å². The van der Waals surface area contributed by atoms with Gasteiger partial charge in [0.1, 0.15) is 0 Å². The first kappa shape index (κ1) is 12.7. The Hall–Kier alpha value is -0.730. The van der Waals surface area contributed by atoms with Crippen LogP contribution < -0.4 is 11.1 Å². The van der Waals surface area contributed by atoms with Gasteiger partial charge in [0.15, 0.2) is 0 Å². The van der Waals surface area contributed by atoms with E-state index in [4.69, 9.17) is 17.3 Å². The molecule has 94 valence electrons. The molecule has 1 fully saturated rings. The van der Waals surface area contributed by atoms with Crippen LogP contribution in [0.2, 0.25) is 5.02 Å². The van der Waals surface area contributed by atoms with Crippen molar-refractivity contribution in [2.45, 2.75) is 38.6 Å². The van der Waals surface area contributed by atoms with Crippen molar-refractivity contribution in [1.82, 2.24) is 0 Å². The van der Waals surface area contributed by atoms with Crippen LogP contribution in [0.15, 0.2) is 18.2 Å². The Bertz CT molecular complexity index is 370. The number of rotatable bonds is 3. The number of benzene rings is 1. The highest BCUT2D eigenvalue weighted by Gasteiger charge is 2.18. The Labute approximate surface area is 109 Å². The zero-order valence-electron chi connectivity index (χ0n) is 10.4. The molecular weight excluding hydrogens is 232 g/mol. The normalized spacial score (nSPS) is 24.6. The Balaban J connectivity index is 1.87. The highest BCUT2D eigenvalue weighted by molar-refractivity contribution is 6.31. The lowest BCUT2D eigenvalue weighted by atomic mass is 9.86. The predicted molar refractivity (Wildman–Crippen MR) is 74.6 cm³/mol. The van der Waals surface area contributed by atoms with Gasteiger partial charge in [0.2, 0.25) is 0 Å². The molecule has 0 atom stereocenters. The van der Waals surface area contributed by atoms with Crippen LogP contribution >= 0.6 is 11.6 Å². The summed E-state index contributed by atoms with van der Waals surface area (Å²) in [5.74, 6) is 0.758. The number of nitrogens with one attached hydrogen (secondary N) is 1. The van der Waals surface area contributed by atoms with E-state index in [1.54, 1.807) is 0 Å². The van der Waals surface area contributed by atoms with Crippen LogP contribution in [-0.2, 0) is 0 Å². The maximum Gasteiger partial charge on any atom is 0.0455 e. The first-order valence-corrected chi connectivity index (χ1v) is 6.79. The highest BCUT2D eigenvalue weighted by atomic mass is 35.5. The second-order valence-electron chi connectivity index (χ2n) is 5.07. The number of hydrogen-bond acceptors (Lipinski definition) is 2. The first-order chi connectivity index (χ1) is 8.16. The van der Waals surface area contributed by atoms with Gasteiger partial charge in [-0.3, -0.25) is 0 Å². The molecule has 3 N–H and O–H groups in total. The van der Waals surface area contributed by atoms with E-state index < -0.39 is 0 Å². The summed E-state index contributed by atoms with van der Waals surface area (Å²) in [5.41, 5.74) is 8.21. The molecule has 1 saturated carbocycles. The Kier molecular flexibility index (Phi) is 4.30. The summed E-state index contributed by atoms with van der Waals surface area (Å²) >= 11 is 6.10. The first-order valence-electron chi connectivity index (χ1n) is 6.41. The molecule has 1 aromatic rings. The lowest BCUT2D eigenvalue weighted by Crippen LogP contribution is -2.29. The van der Waals surface area contributed by atoms with Gasteiger partial charge in [0, 0.05) is 23.3 Å².